The van der Waals surface area contributed by atoms with E-state index in [-0.39, 0.29) is 0 Å². The van der Waals surface area contributed by atoms with Crippen molar-refractivity contribution < 1.29 is 28.3 Å². The quantitative estimate of drug-likeness (QED) is 0.617. The average Bonchev–Trinajstić information content (AvgIpc) is 2.04. The molecule has 12 heavy (non-hydrogen) atoms. The fourth-order valence-corrected chi connectivity index (χ4v) is 0.690. The van der Waals surface area contributed by atoms with Crippen molar-refractivity contribution in [3.8, 4) is 0 Å². The lowest BCUT2D eigenvalue weighted by Gasteiger charge is -2.06. The van der Waals surface area contributed by atoms with E-state index in [2.05, 4.69) is 9.26 Å². The van der Waals surface area contributed by atoms with Gasteiger partial charge in [-0.25, -0.2) is 9.36 Å². The van der Waals surface area contributed by atoms with Crippen molar-refractivity contribution >= 4 is 19.3 Å². The normalized spacial score (nSPS) is 14.6. The highest BCUT2D eigenvalue weighted by Gasteiger charge is 2.30. The second-order valence-electron chi connectivity index (χ2n) is 1.62. The van der Waals surface area contributed by atoms with Crippen LogP contribution in [0.3, 0.4) is 0 Å². The van der Waals surface area contributed by atoms with E-state index in [1.165, 1.54) is 5.32 Å². The fourth-order valence-electron chi connectivity index (χ4n) is 0.292. The molecule has 0 radical (unpaired) electrons. The van der Waals surface area contributed by atoms with E-state index in [0.29, 0.717) is 0 Å². The highest BCUT2D eigenvalue weighted by molar-refractivity contribution is 7.70. The Morgan fingerprint density at radius 2 is 1.92 bits per heavy atom. The minimum Gasteiger partial charge on any atom is -0.453 e. The van der Waals surface area contributed by atoms with Crippen LogP contribution in [-0.2, 0) is 13.8 Å². The molecule has 0 aromatic rings. The van der Waals surface area contributed by atoms with Crippen LogP contribution in [0, 0.1) is 0 Å². The first-order valence-electron chi connectivity index (χ1n) is 2.72. The van der Waals surface area contributed by atoms with Crippen molar-refractivity contribution in [1.82, 2.24) is 5.32 Å². The highest BCUT2D eigenvalue weighted by atomic mass is 31.2. The Morgan fingerprint density at radius 3 is 2.25 bits per heavy atom. The number of imide groups is 1. The van der Waals surface area contributed by atoms with E-state index >= 15 is 0 Å². The van der Waals surface area contributed by atoms with Gasteiger partial charge in [-0.15, -0.1) is 0 Å². The van der Waals surface area contributed by atoms with Gasteiger partial charge in [0.2, 0.25) is 0 Å². The number of amides is 2. The maximum absolute atomic E-state index is 10.6. The smallest absolute Gasteiger partial charge is 0.415 e. The summed E-state index contributed by atoms with van der Waals surface area (Å²) >= 11 is 0. The second kappa shape index (κ2) is 4.20. The van der Waals surface area contributed by atoms with Crippen molar-refractivity contribution in [3.63, 3.8) is 0 Å². The van der Waals surface area contributed by atoms with Crippen LogP contribution in [0.1, 0.15) is 0 Å². The maximum Gasteiger partial charge on any atom is 0.415 e. The molecule has 2 N–H and O–H groups in total. The summed E-state index contributed by atoms with van der Waals surface area (Å²) in [6.07, 6.45) is -1.12. The van der Waals surface area contributed by atoms with Crippen LogP contribution in [0.25, 0.3) is 0 Å². The van der Waals surface area contributed by atoms with Crippen LogP contribution in [0.2, 0.25) is 0 Å². The molecule has 0 rings (SSSR count). The van der Waals surface area contributed by atoms with Gasteiger partial charge in [0.05, 0.1) is 7.11 Å². The van der Waals surface area contributed by atoms with Gasteiger partial charge < -0.3 is 14.2 Å². The number of rotatable bonds is 2. The zero-order chi connectivity index (χ0) is 9.78. The van der Waals surface area contributed by atoms with Gasteiger partial charge >= 0.3 is 19.3 Å². The number of ether oxygens (including phenoxy) is 1. The lowest BCUT2D eigenvalue weighted by atomic mass is 11.1. The zero-order valence-electron chi connectivity index (χ0n) is 6.44. The Morgan fingerprint density at radius 1 is 1.42 bits per heavy atom. The molecule has 0 saturated heterocycles. The molecular weight excluding hydrogens is 189 g/mol. The standard InChI is InChI=1S/C4H8NO6P/c1-10-3(6)5-4(7)12(8,9)11-2/h1-2H3,(H,8,9)(H,5,6,7). The van der Waals surface area contributed by atoms with Crippen molar-refractivity contribution in [2.24, 2.45) is 0 Å². The minimum atomic E-state index is -4.38. The Bertz CT molecular complexity index is 238. The van der Waals surface area contributed by atoms with Crippen molar-refractivity contribution in [2.75, 3.05) is 14.2 Å². The summed E-state index contributed by atoms with van der Waals surface area (Å²) in [5.41, 5.74) is -1.42. The fraction of sp³-hybridized carbons (Fsp3) is 0.500. The number of carbonyl (C=O) groups is 2. The summed E-state index contributed by atoms with van der Waals surface area (Å²) in [5.74, 6) is 0. The molecule has 0 heterocycles. The van der Waals surface area contributed by atoms with Crippen LogP contribution < -0.4 is 5.32 Å². The van der Waals surface area contributed by atoms with Gasteiger partial charge in [-0.1, -0.05) is 0 Å². The van der Waals surface area contributed by atoms with Crippen LogP contribution in [-0.4, -0.2) is 30.9 Å². The molecular formula is C4H8NO6P. The first-order chi connectivity index (χ1) is 5.44. The van der Waals surface area contributed by atoms with E-state index in [0.717, 1.165) is 14.2 Å². The van der Waals surface area contributed by atoms with Gasteiger partial charge in [0, 0.05) is 7.11 Å². The van der Waals surface area contributed by atoms with Crippen molar-refractivity contribution in [3.05, 3.63) is 0 Å². The van der Waals surface area contributed by atoms with Crippen LogP contribution in [0.4, 0.5) is 9.59 Å². The molecule has 8 heteroatoms. The molecule has 2 amide bonds. The van der Waals surface area contributed by atoms with E-state index < -0.39 is 19.3 Å². The molecule has 1 atom stereocenters. The summed E-state index contributed by atoms with van der Waals surface area (Å²) in [7, 11) is -2.50. The van der Waals surface area contributed by atoms with Gasteiger partial charge in [0.15, 0.2) is 0 Å². The minimum absolute atomic E-state index is 0.873. The molecule has 0 bridgehead atoms. The monoisotopic (exact) mass is 197 g/mol. The van der Waals surface area contributed by atoms with Gasteiger partial charge in [-0.05, 0) is 0 Å². The molecule has 0 aliphatic rings. The zero-order valence-corrected chi connectivity index (χ0v) is 7.33. The molecule has 7 nitrogen and oxygen atoms in total. The van der Waals surface area contributed by atoms with Gasteiger partial charge in [-0.3, -0.25) is 10.1 Å². The third-order valence-electron chi connectivity index (χ3n) is 0.899. The molecule has 70 valence electrons. The van der Waals surface area contributed by atoms with Crippen LogP contribution >= 0.6 is 7.60 Å². The largest absolute Gasteiger partial charge is 0.453 e. The van der Waals surface area contributed by atoms with Crippen LogP contribution in [0.15, 0.2) is 0 Å². The highest BCUT2D eigenvalue weighted by Crippen LogP contribution is 2.41. The van der Waals surface area contributed by atoms with E-state index in [1.807, 2.05) is 0 Å². The van der Waals surface area contributed by atoms with Crippen molar-refractivity contribution in [1.29, 1.82) is 0 Å². The molecule has 0 aromatic carbocycles. The summed E-state index contributed by atoms with van der Waals surface area (Å²) < 4.78 is 18.6. The average molecular weight is 197 g/mol. The molecule has 1 unspecified atom stereocenters. The van der Waals surface area contributed by atoms with Gasteiger partial charge in [0.1, 0.15) is 0 Å². The summed E-state index contributed by atoms with van der Waals surface area (Å²) in [4.78, 5) is 29.6. The molecule has 0 aliphatic carbocycles. The Balaban J connectivity index is 4.23. The predicted molar refractivity (Wildman–Crippen MR) is 37.8 cm³/mol. The molecule has 0 saturated carbocycles. The third-order valence-corrected chi connectivity index (χ3v) is 2.02. The lowest BCUT2D eigenvalue weighted by molar-refractivity contribution is 0.171. The molecule has 0 spiro atoms. The number of hydrogen-bond donors (Lipinski definition) is 2. The first kappa shape index (κ1) is 11.1. The third kappa shape index (κ3) is 3.00. The number of methoxy groups -OCH3 is 1. The number of nitrogens with one attached hydrogen (secondary N) is 1. The van der Waals surface area contributed by atoms with E-state index in [9.17, 15) is 14.2 Å². The summed E-state index contributed by atoms with van der Waals surface area (Å²) in [6.45, 7) is 0. The number of carbonyl (C=O) groups excluding carboxylic acids is 2. The topological polar surface area (TPSA) is 102 Å². The Kier molecular flexibility index (Phi) is 3.88. The Labute approximate surface area is 68.2 Å². The SMILES string of the molecule is COC(=O)NC(=O)P(=O)(O)OC. The van der Waals surface area contributed by atoms with E-state index in [1.54, 1.807) is 0 Å². The molecule has 0 aromatic heterocycles. The van der Waals surface area contributed by atoms with Crippen molar-refractivity contribution in [2.45, 2.75) is 0 Å². The number of hydrogen-bond acceptors (Lipinski definition) is 5. The second-order valence-corrected chi connectivity index (χ2v) is 3.44. The number of alkyl carbamates (subject to hydrolysis) is 1. The Hall–Kier alpha value is -0.910. The predicted octanol–water partition coefficient (Wildman–Crippen LogP) is 0.294. The van der Waals surface area contributed by atoms with Gasteiger partial charge in [-0.2, -0.15) is 0 Å². The summed E-state index contributed by atoms with van der Waals surface area (Å²) in [6, 6.07) is 0. The van der Waals surface area contributed by atoms with E-state index in [4.69, 9.17) is 4.89 Å². The maximum atomic E-state index is 10.6. The molecule has 0 aliphatic heterocycles. The lowest BCUT2D eigenvalue weighted by Crippen LogP contribution is -2.29. The first-order valence-corrected chi connectivity index (χ1v) is 4.30. The van der Waals surface area contributed by atoms with Crippen LogP contribution in [0.5, 0.6) is 0 Å². The summed E-state index contributed by atoms with van der Waals surface area (Å²) in [5, 5.41) is 1.48. The van der Waals surface area contributed by atoms with Gasteiger partial charge in [0.25, 0.3) is 0 Å². The molecule has 0 fully saturated rings.